The Labute approximate surface area is 196 Å². The minimum Gasteiger partial charge on any atom is -0.481 e. The van der Waals surface area contributed by atoms with Crippen LogP contribution in [0.1, 0.15) is 30.5 Å². The van der Waals surface area contributed by atoms with E-state index in [0.29, 0.717) is 18.5 Å². The molecule has 0 aromatic heterocycles. The van der Waals surface area contributed by atoms with Crippen LogP contribution in [0.15, 0.2) is 59.6 Å². The van der Waals surface area contributed by atoms with Gasteiger partial charge in [-0.05, 0) is 24.5 Å². The van der Waals surface area contributed by atoms with E-state index in [4.69, 9.17) is 0 Å². The molecule has 178 valence electrons. The summed E-state index contributed by atoms with van der Waals surface area (Å²) in [5, 5.41) is 21.1. The number of nitro groups is 1. The van der Waals surface area contributed by atoms with Gasteiger partial charge in [-0.15, -0.1) is 0 Å². The van der Waals surface area contributed by atoms with Crippen LogP contribution in [0.3, 0.4) is 0 Å². The maximum atomic E-state index is 12.8. The van der Waals surface area contributed by atoms with Gasteiger partial charge in [0.15, 0.2) is 0 Å². The summed E-state index contributed by atoms with van der Waals surface area (Å²) in [6, 6.07) is 13.4. The first-order valence-electron chi connectivity index (χ1n) is 10.8. The van der Waals surface area contributed by atoms with E-state index in [2.05, 4.69) is 4.99 Å². The van der Waals surface area contributed by atoms with Gasteiger partial charge in [-0.25, -0.2) is 9.79 Å². The molecule has 1 heterocycles. The molecule has 2 unspecified atom stereocenters. The maximum Gasteiger partial charge on any atom is 0.344 e. The van der Waals surface area contributed by atoms with Crippen molar-refractivity contribution in [1.82, 2.24) is 9.80 Å². The monoisotopic (exact) mass is 466 g/mol. The van der Waals surface area contributed by atoms with Crippen LogP contribution >= 0.6 is 0 Å². The van der Waals surface area contributed by atoms with Crippen molar-refractivity contribution in [3.8, 4) is 0 Å². The Balaban J connectivity index is 1.77. The van der Waals surface area contributed by atoms with Crippen LogP contribution in [0, 0.1) is 16.0 Å². The van der Waals surface area contributed by atoms with Crippen LogP contribution in [-0.2, 0) is 16.0 Å². The highest BCUT2D eigenvalue weighted by Crippen LogP contribution is 2.35. The zero-order chi connectivity index (χ0) is 24.8. The number of non-ortho nitro benzene ring substituents is 1. The van der Waals surface area contributed by atoms with E-state index in [-0.39, 0.29) is 30.3 Å². The Hall–Kier alpha value is -4.08. The number of urea groups is 1. The van der Waals surface area contributed by atoms with Crippen molar-refractivity contribution in [1.29, 1.82) is 0 Å². The van der Waals surface area contributed by atoms with Crippen molar-refractivity contribution in [2.45, 2.75) is 25.8 Å². The van der Waals surface area contributed by atoms with Gasteiger partial charge in [0.25, 0.3) is 5.69 Å². The van der Waals surface area contributed by atoms with Crippen LogP contribution in [0.2, 0.25) is 0 Å². The lowest BCUT2D eigenvalue weighted by molar-refractivity contribution is -0.385. The van der Waals surface area contributed by atoms with Crippen molar-refractivity contribution in [3.63, 3.8) is 0 Å². The third-order valence-corrected chi connectivity index (χ3v) is 5.82. The first-order valence-corrected chi connectivity index (χ1v) is 10.8. The predicted molar refractivity (Wildman–Crippen MR) is 125 cm³/mol. The predicted octanol–water partition coefficient (Wildman–Crippen LogP) is 3.32. The number of benzene rings is 2. The van der Waals surface area contributed by atoms with Gasteiger partial charge < -0.3 is 14.9 Å². The Morgan fingerprint density at radius 1 is 1.18 bits per heavy atom. The quantitative estimate of drug-likeness (QED) is 0.445. The molecule has 1 aliphatic rings. The average Bonchev–Trinajstić information content (AvgIpc) is 2.80. The fourth-order valence-corrected chi connectivity index (χ4v) is 4.06. The number of aliphatic imine (C=N–C) groups is 1. The van der Waals surface area contributed by atoms with E-state index in [0.717, 1.165) is 5.56 Å². The van der Waals surface area contributed by atoms with Crippen LogP contribution in [0.25, 0.3) is 0 Å². The number of aliphatic carboxylic acids is 1. The van der Waals surface area contributed by atoms with Crippen molar-refractivity contribution < 1.29 is 24.4 Å². The summed E-state index contributed by atoms with van der Waals surface area (Å²) < 4.78 is 0. The zero-order valence-corrected chi connectivity index (χ0v) is 19.0. The second kappa shape index (κ2) is 10.7. The lowest BCUT2D eigenvalue weighted by Gasteiger charge is -2.38. The van der Waals surface area contributed by atoms with Gasteiger partial charge in [-0.3, -0.25) is 19.7 Å². The summed E-state index contributed by atoms with van der Waals surface area (Å²) >= 11 is 0. The molecule has 1 aliphatic heterocycles. The molecule has 2 aromatic carbocycles. The molecule has 1 N–H and O–H groups in total. The van der Waals surface area contributed by atoms with Gasteiger partial charge in [0.1, 0.15) is 5.92 Å². The lowest BCUT2D eigenvalue weighted by Crippen LogP contribution is -2.47. The van der Waals surface area contributed by atoms with Crippen molar-refractivity contribution in [2.24, 2.45) is 10.9 Å². The second-order valence-corrected chi connectivity index (χ2v) is 8.17. The Kier molecular flexibility index (Phi) is 7.72. The van der Waals surface area contributed by atoms with E-state index >= 15 is 0 Å². The van der Waals surface area contributed by atoms with Crippen LogP contribution in [0.4, 0.5) is 10.5 Å². The number of carbonyl (C=O) groups is 3. The van der Waals surface area contributed by atoms with Crippen LogP contribution in [0.5, 0.6) is 0 Å². The Bertz CT molecular complexity index is 1120. The van der Waals surface area contributed by atoms with E-state index in [1.165, 1.54) is 30.0 Å². The standard InChI is InChI=1S/C24H26N4O6/c1-16-21(23(30)31)22(18-10-6-11-19(15-18)28(33)34)27(24(32)25-16)13-7-12-26(2)20(29)14-17-8-4-3-5-9-17/h3-6,8-11,15,21-22H,7,12-14H2,1-2H3,(H,30,31). The van der Waals surface area contributed by atoms with Crippen molar-refractivity contribution in [3.05, 3.63) is 75.8 Å². The maximum absolute atomic E-state index is 12.8. The number of hydrogen-bond donors (Lipinski definition) is 1. The van der Waals surface area contributed by atoms with E-state index < -0.39 is 28.9 Å². The molecule has 0 saturated carbocycles. The van der Waals surface area contributed by atoms with Crippen LogP contribution in [-0.4, -0.2) is 63.6 Å². The molecule has 2 atom stereocenters. The summed E-state index contributed by atoms with van der Waals surface area (Å²) in [4.78, 5) is 54.8. The number of hydrogen-bond acceptors (Lipinski definition) is 5. The summed E-state index contributed by atoms with van der Waals surface area (Å²) in [5.74, 6) is -2.40. The van der Waals surface area contributed by atoms with Gasteiger partial charge in [-0.2, -0.15) is 0 Å². The summed E-state index contributed by atoms with van der Waals surface area (Å²) in [6.45, 7) is 1.95. The Morgan fingerprint density at radius 3 is 2.53 bits per heavy atom. The molecule has 0 bridgehead atoms. The molecule has 0 aliphatic carbocycles. The molecular formula is C24H26N4O6. The first-order chi connectivity index (χ1) is 16.2. The van der Waals surface area contributed by atoms with E-state index in [1.807, 2.05) is 30.3 Å². The molecule has 2 aromatic rings. The van der Waals surface area contributed by atoms with Crippen molar-refractivity contribution >= 4 is 29.3 Å². The molecule has 3 amide bonds. The van der Waals surface area contributed by atoms with Gasteiger partial charge in [0.2, 0.25) is 5.91 Å². The molecule has 34 heavy (non-hydrogen) atoms. The number of amides is 3. The van der Waals surface area contributed by atoms with Crippen molar-refractivity contribution in [2.75, 3.05) is 20.1 Å². The molecule has 10 heteroatoms. The lowest BCUT2D eigenvalue weighted by atomic mass is 9.86. The number of carboxylic acid groups (broad SMARTS) is 1. The SMILES string of the molecule is CC1=NC(=O)N(CCCN(C)C(=O)Cc2ccccc2)C(c2cccc([N+](=O)[O-])c2)C1C(=O)O. The number of likely N-dealkylation sites (N-methyl/N-ethyl adjacent to an activating group) is 1. The van der Waals surface area contributed by atoms with Gasteiger partial charge in [0, 0.05) is 38.0 Å². The number of carbonyl (C=O) groups excluding carboxylic acids is 2. The highest BCUT2D eigenvalue weighted by molar-refractivity contribution is 6.07. The second-order valence-electron chi connectivity index (χ2n) is 8.17. The molecule has 3 rings (SSSR count). The molecule has 0 radical (unpaired) electrons. The van der Waals surface area contributed by atoms with Gasteiger partial charge >= 0.3 is 12.0 Å². The summed E-state index contributed by atoms with van der Waals surface area (Å²) in [6.07, 6.45) is 0.635. The zero-order valence-electron chi connectivity index (χ0n) is 19.0. The molecule has 0 spiro atoms. The van der Waals surface area contributed by atoms with Gasteiger partial charge in [-0.1, -0.05) is 42.5 Å². The minimum atomic E-state index is -1.18. The summed E-state index contributed by atoms with van der Waals surface area (Å²) in [7, 11) is 1.67. The third-order valence-electron chi connectivity index (χ3n) is 5.82. The number of nitrogens with zero attached hydrogens (tertiary/aromatic N) is 4. The fraction of sp³-hybridized carbons (Fsp3) is 0.333. The minimum absolute atomic E-state index is 0.0799. The first kappa shape index (κ1) is 24.6. The number of rotatable bonds is 9. The molecule has 0 saturated heterocycles. The van der Waals surface area contributed by atoms with E-state index in [1.54, 1.807) is 18.0 Å². The smallest absolute Gasteiger partial charge is 0.344 e. The van der Waals surface area contributed by atoms with Crippen LogP contribution < -0.4 is 0 Å². The van der Waals surface area contributed by atoms with E-state index in [9.17, 15) is 29.6 Å². The molecular weight excluding hydrogens is 440 g/mol. The highest BCUT2D eigenvalue weighted by Gasteiger charge is 2.42. The largest absolute Gasteiger partial charge is 0.481 e. The summed E-state index contributed by atoms with van der Waals surface area (Å²) in [5.41, 5.74) is 1.18. The fourth-order valence-electron chi connectivity index (χ4n) is 4.06. The topological polar surface area (TPSA) is 133 Å². The number of nitro benzene ring substituents is 1. The third kappa shape index (κ3) is 5.64. The number of carboxylic acids is 1. The molecule has 0 fully saturated rings. The van der Waals surface area contributed by atoms with Gasteiger partial charge in [0.05, 0.1) is 17.4 Å². The normalized spacial score (nSPS) is 17.8. The Morgan fingerprint density at radius 2 is 1.88 bits per heavy atom. The molecule has 10 nitrogen and oxygen atoms in total. The average molecular weight is 466 g/mol. The highest BCUT2D eigenvalue weighted by atomic mass is 16.6.